The Morgan fingerprint density at radius 3 is 2.44 bits per heavy atom. The largest absolute Gasteiger partial charge is 0.378 e. The van der Waals surface area contributed by atoms with Crippen molar-refractivity contribution in [3.05, 3.63) is 64.6 Å². The van der Waals surface area contributed by atoms with Crippen molar-refractivity contribution in [2.45, 2.75) is 18.7 Å². The number of benzene rings is 2. The second-order valence-corrected chi connectivity index (χ2v) is 9.04. The predicted octanol–water partition coefficient (Wildman–Crippen LogP) is 3.98. The zero-order chi connectivity index (χ0) is 19.6. The Morgan fingerprint density at radius 2 is 1.81 bits per heavy atom. The third-order valence-corrected chi connectivity index (χ3v) is 6.53. The first-order valence-corrected chi connectivity index (χ1v) is 10.8. The zero-order valence-corrected chi connectivity index (χ0v) is 17.2. The number of thioether (sulfide) groups is 1. The molecular weight excluding hydrogens is 402 g/mol. The molecule has 0 saturated carbocycles. The summed E-state index contributed by atoms with van der Waals surface area (Å²) in [7, 11) is -3.98. The molecule has 0 N–H and O–H groups in total. The van der Waals surface area contributed by atoms with Gasteiger partial charge in [0.05, 0.1) is 4.91 Å². The Kier molecular flexibility index (Phi) is 5.69. The van der Waals surface area contributed by atoms with Crippen molar-refractivity contribution in [1.29, 1.82) is 0 Å². The minimum Gasteiger partial charge on any atom is -0.378 e. The predicted molar refractivity (Wildman–Crippen MR) is 111 cm³/mol. The van der Waals surface area contributed by atoms with Gasteiger partial charge in [0.1, 0.15) is 15.0 Å². The summed E-state index contributed by atoms with van der Waals surface area (Å²) in [6.45, 7) is 4.21. The number of thiocarbonyl (C=S) groups is 1. The molecule has 8 heteroatoms. The highest BCUT2D eigenvalue weighted by Gasteiger charge is 2.31. The number of amides is 1. The summed E-state index contributed by atoms with van der Waals surface area (Å²) >= 11 is 6.39. The van der Waals surface area contributed by atoms with Gasteiger partial charge < -0.3 is 4.18 Å². The number of carbonyl (C=O) groups is 1. The smallest absolute Gasteiger partial charge is 0.339 e. The molecule has 27 heavy (non-hydrogen) atoms. The third kappa shape index (κ3) is 4.23. The van der Waals surface area contributed by atoms with Gasteiger partial charge in [-0.05, 0) is 38.1 Å². The summed E-state index contributed by atoms with van der Waals surface area (Å²) < 4.78 is 31.0. The standard InChI is InChI=1S/C19H17NO4S3/c1-3-20-18(21)17(26-19(20)25)12-14-6-4-5-7-16(14)24-27(22,23)15-10-8-13(2)9-11-15/h4-12H,3H2,1-2H3. The molecule has 0 bridgehead atoms. The van der Waals surface area contributed by atoms with Crippen molar-refractivity contribution < 1.29 is 17.4 Å². The van der Waals surface area contributed by atoms with E-state index in [1.165, 1.54) is 28.8 Å². The molecule has 1 aliphatic heterocycles. The van der Waals surface area contributed by atoms with Crippen molar-refractivity contribution in [1.82, 2.24) is 4.90 Å². The van der Waals surface area contributed by atoms with Crippen LogP contribution in [0.3, 0.4) is 0 Å². The molecule has 1 heterocycles. The van der Waals surface area contributed by atoms with E-state index in [4.69, 9.17) is 16.4 Å². The van der Waals surface area contributed by atoms with E-state index in [2.05, 4.69) is 0 Å². The van der Waals surface area contributed by atoms with Gasteiger partial charge in [-0.25, -0.2) is 0 Å². The van der Waals surface area contributed by atoms with E-state index in [1.807, 2.05) is 13.8 Å². The molecule has 2 aromatic carbocycles. The Labute approximate surface area is 168 Å². The average molecular weight is 420 g/mol. The van der Waals surface area contributed by atoms with Crippen molar-refractivity contribution in [2.24, 2.45) is 0 Å². The Hall–Kier alpha value is -2.16. The molecule has 2 aromatic rings. The fourth-order valence-electron chi connectivity index (χ4n) is 2.46. The summed E-state index contributed by atoms with van der Waals surface area (Å²) in [5.74, 6) is -0.0384. The van der Waals surface area contributed by atoms with Crippen molar-refractivity contribution in [3.8, 4) is 5.75 Å². The number of hydrogen-bond acceptors (Lipinski definition) is 6. The van der Waals surface area contributed by atoms with E-state index < -0.39 is 10.1 Å². The minimum absolute atomic E-state index is 0.0696. The Bertz CT molecular complexity index is 1030. The first-order valence-electron chi connectivity index (χ1n) is 8.17. The number of nitrogens with zero attached hydrogens (tertiary/aromatic N) is 1. The molecule has 140 valence electrons. The van der Waals surface area contributed by atoms with Crippen molar-refractivity contribution in [3.63, 3.8) is 0 Å². The highest BCUT2D eigenvalue weighted by molar-refractivity contribution is 8.26. The molecule has 0 spiro atoms. The van der Waals surface area contributed by atoms with Crippen LogP contribution in [-0.4, -0.2) is 30.1 Å². The molecule has 0 atom stereocenters. The topological polar surface area (TPSA) is 63.7 Å². The third-order valence-electron chi connectivity index (χ3n) is 3.90. The lowest BCUT2D eigenvalue weighted by Crippen LogP contribution is -2.27. The lowest BCUT2D eigenvalue weighted by atomic mass is 10.2. The van der Waals surface area contributed by atoms with E-state index in [1.54, 1.807) is 42.5 Å². The number of likely N-dealkylation sites (N-methyl/N-ethyl adjacent to an activating group) is 1. The molecule has 1 amide bonds. The van der Waals surface area contributed by atoms with E-state index in [-0.39, 0.29) is 16.6 Å². The molecule has 1 fully saturated rings. The number of para-hydroxylation sites is 1. The van der Waals surface area contributed by atoms with E-state index >= 15 is 0 Å². The number of carbonyl (C=O) groups excluding carboxylic acids is 1. The van der Waals surface area contributed by atoms with Crippen LogP contribution in [0.4, 0.5) is 0 Å². The first-order chi connectivity index (χ1) is 12.8. The summed E-state index contributed by atoms with van der Waals surface area (Å²) in [6.07, 6.45) is 1.61. The van der Waals surface area contributed by atoms with Gasteiger partial charge in [-0.2, -0.15) is 8.42 Å². The van der Waals surface area contributed by atoms with E-state index in [0.717, 1.165) is 5.56 Å². The monoisotopic (exact) mass is 419 g/mol. The molecule has 0 radical (unpaired) electrons. The van der Waals surface area contributed by atoms with Crippen molar-refractivity contribution in [2.75, 3.05) is 6.54 Å². The average Bonchev–Trinajstić information content (AvgIpc) is 2.89. The normalized spacial score (nSPS) is 16.2. The van der Waals surface area contributed by atoms with Crippen LogP contribution in [0.15, 0.2) is 58.3 Å². The second kappa shape index (κ2) is 7.84. The van der Waals surface area contributed by atoms with Crippen LogP contribution >= 0.6 is 24.0 Å². The van der Waals surface area contributed by atoms with Crippen LogP contribution < -0.4 is 4.18 Å². The zero-order valence-electron chi connectivity index (χ0n) is 14.7. The molecule has 0 aliphatic carbocycles. The van der Waals surface area contributed by atoms with Crippen LogP contribution in [0.2, 0.25) is 0 Å². The SMILES string of the molecule is CCN1C(=O)C(=Cc2ccccc2OS(=O)(=O)c2ccc(C)cc2)SC1=S. The molecule has 1 aliphatic rings. The van der Waals surface area contributed by atoms with Crippen LogP contribution in [0.5, 0.6) is 5.75 Å². The summed E-state index contributed by atoms with van der Waals surface area (Å²) in [5, 5.41) is 0. The van der Waals surface area contributed by atoms with Crippen LogP contribution in [0.25, 0.3) is 6.08 Å². The second-order valence-electron chi connectivity index (χ2n) is 5.81. The lowest BCUT2D eigenvalue weighted by Gasteiger charge is -2.11. The maximum Gasteiger partial charge on any atom is 0.339 e. The first kappa shape index (κ1) is 19.6. The van der Waals surface area contributed by atoms with Crippen molar-refractivity contribution >= 4 is 50.4 Å². The van der Waals surface area contributed by atoms with Crippen LogP contribution in [0.1, 0.15) is 18.1 Å². The molecule has 0 unspecified atom stereocenters. The molecule has 3 rings (SSSR count). The molecule has 1 saturated heterocycles. The highest BCUT2D eigenvalue weighted by Crippen LogP contribution is 2.34. The Balaban J connectivity index is 1.93. The van der Waals surface area contributed by atoms with Gasteiger partial charge in [-0.1, -0.05) is 59.9 Å². The summed E-state index contributed by atoms with van der Waals surface area (Å²) in [6, 6.07) is 13.1. The van der Waals surface area contributed by atoms with Crippen LogP contribution in [0, 0.1) is 6.92 Å². The van der Waals surface area contributed by atoms with Gasteiger partial charge >= 0.3 is 10.1 Å². The van der Waals surface area contributed by atoms with E-state index in [9.17, 15) is 13.2 Å². The van der Waals surface area contributed by atoms with Gasteiger partial charge in [-0.15, -0.1) is 0 Å². The Morgan fingerprint density at radius 1 is 1.15 bits per heavy atom. The number of rotatable bonds is 5. The summed E-state index contributed by atoms with van der Waals surface area (Å²) in [5.41, 5.74) is 1.44. The molecular formula is C19H17NO4S3. The highest BCUT2D eigenvalue weighted by atomic mass is 32.2. The lowest BCUT2D eigenvalue weighted by molar-refractivity contribution is -0.121. The quantitative estimate of drug-likeness (QED) is 0.415. The van der Waals surface area contributed by atoms with Gasteiger partial charge in [0, 0.05) is 12.1 Å². The number of aryl methyl sites for hydroxylation is 1. The van der Waals surface area contributed by atoms with Gasteiger partial charge in [-0.3, -0.25) is 9.69 Å². The molecule has 5 nitrogen and oxygen atoms in total. The number of hydrogen-bond donors (Lipinski definition) is 0. The van der Waals surface area contributed by atoms with E-state index in [0.29, 0.717) is 21.3 Å². The fourth-order valence-corrected chi connectivity index (χ4v) is 4.79. The van der Waals surface area contributed by atoms with Crippen LogP contribution in [-0.2, 0) is 14.9 Å². The van der Waals surface area contributed by atoms with Gasteiger partial charge in [0.2, 0.25) is 0 Å². The maximum absolute atomic E-state index is 12.6. The van der Waals surface area contributed by atoms with Gasteiger partial charge in [0.15, 0.2) is 0 Å². The maximum atomic E-state index is 12.6. The minimum atomic E-state index is -3.98. The molecule has 0 aromatic heterocycles. The fraction of sp³-hybridized carbons (Fsp3) is 0.158. The summed E-state index contributed by atoms with van der Waals surface area (Å²) in [4.78, 5) is 14.4. The van der Waals surface area contributed by atoms with Gasteiger partial charge in [0.25, 0.3) is 5.91 Å².